The summed E-state index contributed by atoms with van der Waals surface area (Å²) in [6.45, 7) is 6.40. The Morgan fingerprint density at radius 2 is 2.04 bits per heavy atom. The van der Waals surface area contributed by atoms with Crippen molar-refractivity contribution in [3.05, 3.63) is 45.5 Å². The Hall–Kier alpha value is -2.74. The number of rotatable bonds is 3. The van der Waals surface area contributed by atoms with Crippen LogP contribution >= 0.6 is 0 Å². The van der Waals surface area contributed by atoms with Crippen molar-refractivity contribution in [2.24, 2.45) is 0 Å². The van der Waals surface area contributed by atoms with Crippen LogP contribution in [0.5, 0.6) is 0 Å². The molecule has 0 bridgehead atoms. The van der Waals surface area contributed by atoms with Crippen molar-refractivity contribution in [2.75, 3.05) is 36.5 Å². The van der Waals surface area contributed by atoms with Crippen molar-refractivity contribution in [3.8, 4) is 0 Å². The van der Waals surface area contributed by atoms with Gasteiger partial charge in [0.05, 0.1) is 30.8 Å². The highest BCUT2D eigenvalue weighted by Gasteiger charge is 2.17. The van der Waals surface area contributed by atoms with Crippen LogP contribution in [0.1, 0.15) is 21.6 Å². The van der Waals surface area contributed by atoms with Crippen LogP contribution in [0.15, 0.2) is 23.1 Å². The Balaban J connectivity index is 1.75. The monoisotopic (exact) mass is 329 g/mol. The fourth-order valence-electron chi connectivity index (χ4n) is 2.53. The zero-order valence-corrected chi connectivity index (χ0v) is 13.6. The fraction of sp³-hybridized carbons (Fsp3) is 0.375. The summed E-state index contributed by atoms with van der Waals surface area (Å²) in [6, 6.07) is 3.61. The molecule has 8 heteroatoms. The molecule has 0 aliphatic carbocycles. The molecule has 0 radical (unpaired) electrons. The minimum Gasteiger partial charge on any atom is -0.378 e. The van der Waals surface area contributed by atoms with Crippen LogP contribution < -0.4 is 15.8 Å². The number of carbonyl (C=O) groups is 1. The van der Waals surface area contributed by atoms with E-state index < -0.39 is 11.5 Å². The zero-order valence-electron chi connectivity index (χ0n) is 13.6. The van der Waals surface area contributed by atoms with E-state index in [-0.39, 0.29) is 5.56 Å². The van der Waals surface area contributed by atoms with E-state index in [1.54, 1.807) is 26.1 Å². The van der Waals surface area contributed by atoms with Crippen LogP contribution in [-0.4, -0.2) is 47.4 Å². The van der Waals surface area contributed by atoms with Gasteiger partial charge in [-0.05, 0) is 31.5 Å². The van der Waals surface area contributed by atoms with Gasteiger partial charge in [-0.2, -0.15) is 5.10 Å². The van der Waals surface area contributed by atoms with Gasteiger partial charge in [-0.1, -0.05) is 0 Å². The first-order valence-corrected chi connectivity index (χ1v) is 7.72. The summed E-state index contributed by atoms with van der Waals surface area (Å²) >= 11 is 0. The van der Waals surface area contributed by atoms with Gasteiger partial charge in [0.2, 0.25) is 0 Å². The molecule has 0 aromatic carbocycles. The predicted molar refractivity (Wildman–Crippen MR) is 89.6 cm³/mol. The molecule has 8 nitrogen and oxygen atoms in total. The average Bonchev–Trinajstić information content (AvgIpc) is 2.60. The SMILES string of the molecule is Cc1n[nH]c(=O)c(C(=O)Nc2ccc(N3CCOCC3)nc2)c1C. The summed E-state index contributed by atoms with van der Waals surface area (Å²) in [5, 5.41) is 8.88. The standard InChI is InChI=1S/C16H19N5O3/c1-10-11(2)19-20-16(23)14(10)15(22)18-12-3-4-13(17-9-12)21-5-7-24-8-6-21/h3-4,9H,5-8H2,1-2H3,(H,18,22)(H,20,23). The molecule has 0 spiro atoms. The Morgan fingerprint density at radius 3 is 2.71 bits per heavy atom. The van der Waals surface area contributed by atoms with Gasteiger partial charge in [0, 0.05) is 13.1 Å². The van der Waals surface area contributed by atoms with Crippen molar-refractivity contribution in [3.63, 3.8) is 0 Å². The van der Waals surface area contributed by atoms with Gasteiger partial charge in [-0.15, -0.1) is 0 Å². The topological polar surface area (TPSA) is 100 Å². The first-order chi connectivity index (χ1) is 11.6. The van der Waals surface area contributed by atoms with Crippen LogP contribution in [0.2, 0.25) is 0 Å². The molecule has 1 aliphatic heterocycles. The summed E-state index contributed by atoms with van der Waals surface area (Å²) in [5.74, 6) is 0.366. The van der Waals surface area contributed by atoms with Crippen LogP contribution in [0.3, 0.4) is 0 Å². The Kier molecular flexibility index (Phi) is 4.57. The van der Waals surface area contributed by atoms with Crippen molar-refractivity contribution in [1.82, 2.24) is 15.2 Å². The van der Waals surface area contributed by atoms with Gasteiger partial charge in [0.1, 0.15) is 11.4 Å². The first kappa shape index (κ1) is 16.1. The van der Waals surface area contributed by atoms with Crippen molar-refractivity contribution in [2.45, 2.75) is 13.8 Å². The quantitative estimate of drug-likeness (QED) is 0.867. The summed E-state index contributed by atoms with van der Waals surface area (Å²) in [6.07, 6.45) is 1.58. The van der Waals surface area contributed by atoms with E-state index in [2.05, 4.69) is 25.4 Å². The number of pyridine rings is 1. The number of aryl methyl sites for hydroxylation is 1. The van der Waals surface area contributed by atoms with Gasteiger partial charge < -0.3 is 15.0 Å². The molecule has 0 unspecified atom stereocenters. The summed E-state index contributed by atoms with van der Waals surface area (Å²) < 4.78 is 5.31. The number of amides is 1. The molecule has 3 rings (SSSR count). The second-order valence-electron chi connectivity index (χ2n) is 5.60. The third-order valence-corrected chi connectivity index (χ3v) is 4.04. The lowest BCUT2D eigenvalue weighted by atomic mass is 10.1. The third-order valence-electron chi connectivity index (χ3n) is 4.04. The van der Waals surface area contributed by atoms with E-state index in [1.807, 2.05) is 6.07 Å². The minimum absolute atomic E-state index is 0.0692. The molecule has 2 N–H and O–H groups in total. The molecule has 2 aromatic rings. The molecule has 0 atom stereocenters. The van der Waals surface area contributed by atoms with Crippen molar-refractivity contribution < 1.29 is 9.53 Å². The number of ether oxygens (including phenoxy) is 1. The van der Waals surface area contributed by atoms with Crippen molar-refractivity contribution >= 4 is 17.4 Å². The highest BCUT2D eigenvalue weighted by Crippen LogP contribution is 2.16. The molecular weight excluding hydrogens is 310 g/mol. The van der Waals surface area contributed by atoms with Gasteiger partial charge in [-0.3, -0.25) is 9.59 Å². The molecular formula is C16H19N5O3. The number of nitrogens with zero attached hydrogens (tertiary/aromatic N) is 3. The van der Waals surface area contributed by atoms with E-state index in [0.29, 0.717) is 30.2 Å². The maximum absolute atomic E-state index is 12.4. The zero-order chi connectivity index (χ0) is 17.1. The summed E-state index contributed by atoms with van der Waals surface area (Å²) in [7, 11) is 0. The van der Waals surface area contributed by atoms with Crippen LogP contribution in [0, 0.1) is 13.8 Å². The van der Waals surface area contributed by atoms with Crippen LogP contribution in [0.4, 0.5) is 11.5 Å². The van der Waals surface area contributed by atoms with E-state index in [0.717, 1.165) is 18.9 Å². The number of hydrogen-bond acceptors (Lipinski definition) is 6. The van der Waals surface area contributed by atoms with Crippen LogP contribution in [-0.2, 0) is 4.74 Å². The Morgan fingerprint density at radius 1 is 1.29 bits per heavy atom. The molecule has 24 heavy (non-hydrogen) atoms. The maximum Gasteiger partial charge on any atom is 0.277 e. The second kappa shape index (κ2) is 6.79. The smallest absolute Gasteiger partial charge is 0.277 e. The van der Waals surface area contributed by atoms with Crippen LogP contribution in [0.25, 0.3) is 0 Å². The molecule has 1 fully saturated rings. The Labute approximate surface area is 138 Å². The van der Waals surface area contributed by atoms with E-state index in [1.165, 1.54) is 0 Å². The van der Waals surface area contributed by atoms with Gasteiger partial charge in [0.25, 0.3) is 11.5 Å². The number of nitrogens with one attached hydrogen (secondary N) is 2. The molecule has 1 saturated heterocycles. The molecule has 1 aliphatic rings. The minimum atomic E-state index is -0.506. The van der Waals surface area contributed by atoms with Crippen molar-refractivity contribution in [1.29, 1.82) is 0 Å². The number of H-pyrrole nitrogens is 1. The summed E-state index contributed by atoms with van der Waals surface area (Å²) in [4.78, 5) is 30.7. The number of aromatic nitrogens is 3. The van der Waals surface area contributed by atoms with E-state index >= 15 is 0 Å². The van der Waals surface area contributed by atoms with Gasteiger partial charge in [0.15, 0.2) is 0 Å². The van der Waals surface area contributed by atoms with E-state index in [4.69, 9.17) is 4.74 Å². The number of hydrogen-bond donors (Lipinski definition) is 2. The number of anilines is 2. The fourth-order valence-corrected chi connectivity index (χ4v) is 2.53. The average molecular weight is 329 g/mol. The Bertz CT molecular complexity index is 794. The molecule has 0 saturated carbocycles. The lowest BCUT2D eigenvalue weighted by Gasteiger charge is -2.27. The maximum atomic E-state index is 12.4. The second-order valence-corrected chi connectivity index (χ2v) is 5.60. The summed E-state index contributed by atoms with van der Waals surface area (Å²) in [5.41, 5.74) is 1.27. The predicted octanol–water partition coefficient (Wildman–Crippen LogP) is 0.871. The normalized spacial score (nSPS) is 14.5. The first-order valence-electron chi connectivity index (χ1n) is 7.72. The molecule has 2 aromatic heterocycles. The number of morpholine rings is 1. The van der Waals surface area contributed by atoms with E-state index in [9.17, 15) is 9.59 Å². The molecule has 1 amide bonds. The highest BCUT2D eigenvalue weighted by molar-refractivity contribution is 6.05. The molecule has 126 valence electrons. The highest BCUT2D eigenvalue weighted by atomic mass is 16.5. The largest absolute Gasteiger partial charge is 0.378 e. The lowest BCUT2D eigenvalue weighted by molar-refractivity contribution is 0.102. The molecule has 3 heterocycles. The third kappa shape index (κ3) is 3.28. The number of aromatic amines is 1. The number of carbonyl (C=O) groups excluding carboxylic acids is 1. The lowest BCUT2D eigenvalue weighted by Crippen LogP contribution is -2.36. The van der Waals surface area contributed by atoms with Gasteiger partial charge in [-0.25, -0.2) is 10.1 Å². The van der Waals surface area contributed by atoms with Gasteiger partial charge >= 0.3 is 0 Å².